The Morgan fingerprint density at radius 3 is 2.36 bits per heavy atom. The van der Waals surface area contributed by atoms with Crippen LogP contribution in [0, 0.1) is 13.8 Å². The molecule has 0 saturated heterocycles. The number of hydrogen-bond donors (Lipinski definition) is 1. The van der Waals surface area contributed by atoms with Gasteiger partial charge in [-0.05, 0) is 30.5 Å². The lowest BCUT2D eigenvalue weighted by atomic mass is 10.0. The van der Waals surface area contributed by atoms with Crippen molar-refractivity contribution in [2.75, 3.05) is 5.73 Å². The molecule has 0 spiro atoms. The Balaban J connectivity index is 2.61. The monoisotopic (exact) mass is 204 g/mol. The molecule has 3 heteroatoms. The molecule has 1 heterocycles. The van der Waals surface area contributed by atoms with E-state index in [1.807, 2.05) is 6.20 Å². The highest BCUT2D eigenvalue weighted by atomic mass is 32.1. The third kappa shape index (κ3) is 1.51. The van der Waals surface area contributed by atoms with E-state index in [0.717, 1.165) is 4.88 Å². The second-order valence-electron chi connectivity index (χ2n) is 3.33. The van der Waals surface area contributed by atoms with E-state index in [1.54, 1.807) is 0 Å². The fourth-order valence-electron chi connectivity index (χ4n) is 1.61. The molecule has 0 aliphatic rings. The van der Waals surface area contributed by atoms with Crippen LogP contribution < -0.4 is 5.73 Å². The number of nitrogen functional groups attached to an aromatic ring is 1. The molecule has 2 nitrogen and oxygen atoms in total. The van der Waals surface area contributed by atoms with E-state index in [2.05, 4.69) is 37.0 Å². The first kappa shape index (κ1) is 9.21. The molecule has 0 bridgehead atoms. The van der Waals surface area contributed by atoms with Crippen LogP contribution in [0.1, 0.15) is 11.1 Å². The highest BCUT2D eigenvalue weighted by Crippen LogP contribution is 2.32. The Morgan fingerprint density at radius 1 is 1.21 bits per heavy atom. The van der Waals surface area contributed by atoms with Crippen molar-refractivity contribution in [3.63, 3.8) is 0 Å². The van der Waals surface area contributed by atoms with Gasteiger partial charge in [-0.3, -0.25) is 0 Å². The van der Waals surface area contributed by atoms with Crippen molar-refractivity contribution >= 4 is 16.5 Å². The molecular formula is C11H12N2S. The summed E-state index contributed by atoms with van der Waals surface area (Å²) in [4.78, 5) is 5.22. The quantitative estimate of drug-likeness (QED) is 0.775. The molecule has 0 aliphatic carbocycles. The summed E-state index contributed by atoms with van der Waals surface area (Å²) in [5.74, 6) is 0. The van der Waals surface area contributed by atoms with Crippen LogP contribution >= 0.6 is 11.3 Å². The van der Waals surface area contributed by atoms with Gasteiger partial charge in [-0.1, -0.05) is 29.5 Å². The summed E-state index contributed by atoms with van der Waals surface area (Å²) in [6.07, 6.45) is 1.84. The van der Waals surface area contributed by atoms with Crippen molar-refractivity contribution in [1.29, 1.82) is 0 Å². The van der Waals surface area contributed by atoms with Gasteiger partial charge >= 0.3 is 0 Å². The third-order valence-corrected chi connectivity index (χ3v) is 3.10. The van der Waals surface area contributed by atoms with Crippen molar-refractivity contribution in [2.24, 2.45) is 0 Å². The zero-order valence-electron chi connectivity index (χ0n) is 8.24. The molecule has 0 aliphatic heterocycles. The molecule has 2 rings (SSSR count). The standard InChI is InChI=1S/C11H12N2S/c1-7-4-3-5-8(2)10(7)9-6-13-11(12)14-9/h3-6H,1-2H3,(H2,12,13). The normalized spacial score (nSPS) is 10.4. The summed E-state index contributed by atoms with van der Waals surface area (Å²) in [5, 5.41) is 0.627. The highest BCUT2D eigenvalue weighted by molar-refractivity contribution is 7.18. The van der Waals surface area contributed by atoms with Crippen LogP contribution in [0.2, 0.25) is 0 Å². The van der Waals surface area contributed by atoms with Gasteiger partial charge in [0.05, 0.1) is 4.88 Å². The zero-order chi connectivity index (χ0) is 10.1. The SMILES string of the molecule is Cc1cccc(C)c1-c1cnc(N)s1. The van der Waals surface area contributed by atoms with E-state index in [1.165, 1.54) is 28.0 Å². The van der Waals surface area contributed by atoms with Gasteiger partial charge in [0, 0.05) is 6.20 Å². The minimum absolute atomic E-state index is 0.627. The number of thiazole rings is 1. The summed E-state index contributed by atoms with van der Waals surface area (Å²) in [6, 6.07) is 6.29. The van der Waals surface area contributed by atoms with E-state index in [-0.39, 0.29) is 0 Å². The molecule has 14 heavy (non-hydrogen) atoms. The van der Waals surface area contributed by atoms with Crippen LogP contribution in [0.4, 0.5) is 5.13 Å². The second kappa shape index (κ2) is 3.42. The Kier molecular flexibility index (Phi) is 2.25. The van der Waals surface area contributed by atoms with E-state index in [0.29, 0.717) is 5.13 Å². The maximum Gasteiger partial charge on any atom is 0.180 e. The van der Waals surface area contributed by atoms with Crippen molar-refractivity contribution in [3.8, 4) is 10.4 Å². The van der Waals surface area contributed by atoms with Gasteiger partial charge in [-0.15, -0.1) is 0 Å². The predicted octanol–water partition coefficient (Wildman–Crippen LogP) is 3.01. The van der Waals surface area contributed by atoms with Crippen LogP contribution in [0.15, 0.2) is 24.4 Å². The molecule has 1 aromatic carbocycles. The van der Waals surface area contributed by atoms with Gasteiger partial charge in [-0.2, -0.15) is 0 Å². The Labute approximate surface area is 87.4 Å². The smallest absolute Gasteiger partial charge is 0.180 e. The lowest BCUT2D eigenvalue weighted by Gasteiger charge is -2.05. The van der Waals surface area contributed by atoms with Crippen molar-refractivity contribution in [3.05, 3.63) is 35.5 Å². The van der Waals surface area contributed by atoms with Gasteiger partial charge in [0.1, 0.15) is 0 Å². The molecule has 0 amide bonds. The van der Waals surface area contributed by atoms with E-state index < -0.39 is 0 Å². The van der Waals surface area contributed by atoms with Gasteiger partial charge in [0.25, 0.3) is 0 Å². The molecule has 0 unspecified atom stereocenters. The van der Waals surface area contributed by atoms with Crippen LogP contribution in [-0.2, 0) is 0 Å². The van der Waals surface area contributed by atoms with Crippen LogP contribution in [-0.4, -0.2) is 4.98 Å². The molecule has 2 N–H and O–H groups in total. The number of rotatable bonds is 1. The third-order valence-electron chi connectivity index (χ3n) is 2.25. The molecule has 1 aromatic heterocycles. The van der Waals surface area contributed by atoms with E-state index in [4.69, 9.17) is 5.73 Å². The number of aromatic nitrogens is 1. The van der Waals surface area contributed by atoms with Crippen LogP contribution in [0.5, 0.6) is 0 Å². The lowest BCUT2D eigenvalue weighted by Crippen LogP contribution is -1.84. The summed E-state index contributed by atoms with van der Waals surface area (Å²) in [5.41, 5.74) is 9.43. The van der Waals surface area contributed by atoms with E-state index in [9.17, 15) is 0 Å². The maximum absolute atomic E-state index is 5.62. The number of nitrogens with zero attached hydrogens (tertiary/aromatic N) is 1. The fraction of sp³-hybridized carbons (Fsp3) is 0.182. The number of aryl methyl sites for hydroxylation is 2. The van der Waals surface area contributed by atoms with Crippen molar-refractivity contribution in [1.82, 2.24) is 4.98 Å². The number of hydrogen-bond acceptors (Lipinski definition) is 3. The van der Waals surface area contributed by atoms with Gasteiger partial charge in [0.2, 0.25) is 0 Å². The average Bonchev–Trinajstić information content (AvgIpc) is 2.51. The number of anilines is 1. The summed E-state index contributed by atoms with van der Waals surface area (Å²) in [6.45, 7) is 4.22. The maximum atomic E-state index is 5.62. The minimum atomic E-state index is 0.627. The second-order valence-corrected chi connectivity index (χ2v) is 4.39. The summed E-state index contributed by atoms with van der Waals surface area (Å²) >= 11 is 1.54. The van der Waals surface area contributed by atoms with Gasteiger partial charge < -0.3 is 5.73 Å². The molecular weight excluding hydrogens is 192 g/mol. The zero-order valence-corrected chi connectivity index (χ0v) is 9.06. The van der Waals surface area contributed by atoms with Crippen molar-refractivity contribution < 1.29 is 0 Å². The minimum Gasteiger partial charge on any atom is -0.375 e. The van der Waals surface area contributed by atoms with Crippen LogP contribution in [0.3, 0.4) is 0 Å². The number of benzene rings is 1. The Hall–Kier alpha value is -1.35. The largest absolute Gasteiger partial charge is 0.375 e. The van der Waals surface area contributed by atoms with E-state index >= 15 is 0 Å². The Bertz CT molecular complexity index is 440. The van der Waals surface area contributed by atoms with Gasteiger partial charge in [0.15, 0.2) is 5.13 Å². The van der Waals surface area contributed by atoms with Crippen LogP contribution in [0.25, 0.3) is 10.4 Å². The molecule has 2 aromatic rings. The number of nitrogens with two attached hydrogens (primary N) is 1. The van der Waals surface area contributed by atoms with Gasteiger partial charge in [-0.25, -0.2) is 4.98 Å². The summed E-state index contributed by atoms with van der Waals surface area (Å²) in [7, 11) is 0. The fourth-order valence-corrected chi connectivity index (χ4v) is 2.47. The average molecular weight is 204 g/mol. The summed E-state index contributed by atoms with van der Waals surface area (Å²) < 4.78 is 0. The molecule has 0 atom stereocenters. The van der Waals surface area contributed by atoms with Crippen molar-refractivity contribution in [2.45, 2.75) is 13.8 Å². The Morgan fingerprint density at radius 2 is 1.86 bits per heavy atom. The first-order valence-corrected chi connectivity index (χ1v) is 5.28. The molecule has 0 fully saturated rings. The first-order chi connectivity index (χ1) is 6.68. The lowest BCUT2D eigenvalue weighted by molar-refractivity contribution is 1.37. The predicted molar refractivity (Wildman–Crippen MR) is 61.4 cm³/mol. The topological polar surface area (TPSA) is 38.9 Å². The molecule has 0 saturated carbocycles. The molecule has 0 radical (unpaired) electrons. The first-order valence-electron chi connectivity index (χ1n) is 4.46. The highest BCUT2D eigenvalue weighted by Gasteiger charge is 2.07. The molecule has 72 valence electrons.